The number of fused-ring (bicyclic) bond motifs is 2. The van der Waals surface area contributed by atoms with Crippen molar-refractivity contribution in [2.24, 2.45) is 0 Å². The van der Waals surface area contributed by atoms with Crippen molar-refractivity contribution in [3.63, 3.8) is 0 Å². The van der Waals surface area contributed by atoms with Crippen molar-refractivity contribution in [1.82, 2.24) is 0 Å². The number of nitrogens with zero attached hydrogens (tertiary/aromatic N) is 3. The van der Waals surface area contributed by atoms with Crippen LogP contribution in [-0.2, 0) is 0 Å². The summed E-state index contributed by atoms with van der Waals surface area (Å²) in [5.74, 6) is -7.18. The lowest BCUT2D eigenvalue weighted by Gasteiger charge is -2.38. The highest BCUT2D eigenvalue weighted by Crippen LogP contribution is 2.44. The molecule has 2 aromatic rings. The summed E-state index contributed by atoms with van der Waals surface area (Å²) < 4.78 is 47.2. The molecule has 0 saturated heterocycles. The summed E-state index contributed by atoms with van der Waals surface area (Å²) in [5.41, 5.74) is -0.237. The Balaban J connectivity index is 2.26. The maximum atomic E-state index is 15.8. The molecule has 0 spiro atoms. The quantitative estimate of drug-likeness (QED) is 0.364. The number of allylic oxidation sites excluding steroid dienone is 5. The van der Waals surface area contributed by atoms with Gasteiger partial charge in [-0.1, -0.05) is 19.2 Å². The molecule has 36 heavy (non-hydrogen) atoms. The molecule has 0 saturated carbocycles. The van der Waals surface area contributed by atoms with Crippen molar-refractivity contribution in [2.45, 2.75) is 13.1 Å². The van der Waals surface area contributed by atoms with Crippen LogP contribution in [0.25, 0.3) is 5.57 Å². The highest BCUT2D eigenvalue weighted by molar-refractivity contribution is 6.98. The van der Waals surface area contributed by atoms with Gasteiger partial charge in [0.25, 0.3) is 0 Å². The zero-order valence-electron chi connectivity index (χ0n) is 20.8. The number of hydrogen-bond acceptors (Lipinski definition) is 4. The molecule has 2 aromatic carbocycles. The third kappa shape index (κ3) is 3.60. The number of rotatable bonds is 3. The van der Waals surface area contributed by atoms with Gasteiger partial charge >= 0.3 is 0 Å². The lowest BCUT2D eigenvalue weighted by molar-refractivity contribution is -0.462. The van der Waals surface area contributed by atoms with Gasteiger partial charge in [-0.25, -0.2) is 17.7 Å². The molecular formula is C27H24F3N3O2Si. The van der Waals surface area contributed by atoms with Crippen molar-refractivity contribution in [2.75, 3.05) is 33.1 Å². The normalized spacial score (nSPS) is 15.7. The number of carboxylic acid groups (broad SMARTS) is 1. The molecule has 0 N–H and O–H groups in total. The minimum atomic E-state index is -2.46. The van der Waals surface area contributed by atoms with Crippen molar-refractivity contribution >= 4 is 36.2 Å². The van der Waals surface area contributed by atoms with Gasteiger partial charge in [0.15, 0.2) is 23.2 Å². The summed E-state index contributed by atoms with van der Waals surface area (Å²) in [6.07, 6.45) is 5.50. The second-order valence-electron chi connectivity index (χ2n) is 9.71. The Kier molecular flexibility index (Phi) is 6.05. The van der Waals surface area contributed by atoms with E-state index in [-0.39, 0.29) is 5.57 Å². The average Bonchev–Trinajstić information content (AvgIpc) is 2.82. The number of carbonyl (C=O) groups is 1. The van der Waals surface area contributed by atoms with E-state index in [1.54, 1.807) is 24.3 Å². The topological polar surface area (TPSA) is 70.2 Å². The third-order valence-corrected chi connectivity index (χ3v) is 10.3. The Morgan fingerprint density at radius 3 is 2.31 bits per heavy atom. The highest BCUT2D eigenvalue weighted by Gasteiger charge is 2.42. The minimum absolute atomic E-state index is 0.0922. The van der Waals surface area contributed by atoms with Crippen molar-refractivity contribution in [3.8, 4) is 6.07 Å². The van der Waals surface area contributed by atoms with E-state index < -0.39 is 48.2 Å². The number of benzene rings is 2. The minimum Gasteiger partial charge on any atom is -0.545 e. The van der Waals surface area contributed by atoms with Crippen LogP contribution in [0.2, 0.25) is 13.1 Å². The summed E-state index contributed by atoms with van der Waals surface area (Å²) in [5, 5.41) is 23.2. The summed E-state index contributed by atoms with van der Waals surface area (Å²) >= 11 is 0. The van der Waals surface area contributed by atoms with E-state index in [0.717, 1.165) is 21.8 Å². The van der Waals surface area contributed by atoms with Gasteiger partial charge in [-0.15, -0.1) is 0 Å². The lowest BCUT2D eigenvalue weighted by atomic mass is 9.85. The SMILES string of the molecule is CN(C)c1ccc2c(c1)[Si](C)(C)C1=CC(=[N+](C)C)C=CC1=C2c1c(F)c(C#N)c(F)c(F)c1C(=O)[O-]. The largest absolute Gasteiger partial charge is 0.545 e. The first-order valence-corrected chi connectivity index (χ1v) is 14.2. The van der Waals surface area contributed by atoms with Gasteiger partial charge in [-0.05, 0) is 45.3 Å². The standard InChI is InChI=1S/C27H24F3N3O2Si/c1-32(2)14-7-9-16-19(11-14)36(5,6)20-12-15(33(3)4)8-10-17(20)21(16)22-23(27(34)35)26(30)25(29)18(13-31)24(22)28/h7-12H,1-6H3. The predicted molar refractivity (Wildman–Crippen MR) is 134 cm³/mol. The first kappa shape index (κ1) is 25.2. The van der Waals surface area contributed by atoms with Gasteiger partial charge in [0.2, 0.25) is 0 Å². The van der Waals surface area contributed by atoms with E-state index in [2.05, 4.69) is 13.1 Å². The Bertz CT molecular complexity index is 1520. The third-order valence-electron chi connectivity index (χ3n) is 6.81. The average molecular weight is 508 g/mol. The maximum Gasteiger partial charge on any atom is 0.199 e. The van der Waals surface area contributed by atoms with Crippen LogP contribution in [-0.4, -0.2) is 52.5 Å². The van der Waals surface area contributed by atoms with Gasteiger partial charge in [0.05, 0.1) is 5.97 Å². The molecule has 9 heteroatoms. The first-order chi connectivity index (χ1) is 16.8. The van der Waals surface area contributed by atoms with E-state index in [0.29, 0.717) is 11.1 Å². The number of carbonyl (C=O) groups excluding carboxylic acids is 1. The second-order valence-corrected chi connectivity index (χ2v) is 14.0. The number of halogens is 3. The van der Waals surface area contributed by atoms with Crippen LogP contribution in [0.4, 0.5) is 18.9 Å². The molecule has 184 valence electrons. The van der Waals surface area contributed by atoms with Gasteiger partial charge in [-0.2, -0.15) is 5.26 Å². The van der Waals surface area contributed by atoms with Crippen LogP contribution >= 0.6 is 0 Å². The second kappa shape index (κ2) is 8.64. The molecule has 0 unspecified atom stereocenters. The fraction of sp³-hybridized carbons (Fsp3) is 0.222. The molecular weight excluding hydrogens is 483 g/mol. The fourth-order valence-corrected chi connectivity index (χ4v) is 7.91. The molecule has 0 radical (unpaired) electrons. The molecule has 1 heterocycles. The van der Waals surface area contributed by atoms with Crippen molar-refractivity contribution < 1.29 is 27.6 Å². The molecule has 1 aliphatic carbocycles. The Morgan fingerprint density at radius 1 is 1.08 bits per heavy atom. The zero-order chi connectivity index (χ0) is 26.7. The van der Waals surface area contributed by atoms with Gasteiger partial charge in [0, 0.05) is 43.1 Å². The monoisotopic (exact) mass is 507 g/mol. The molecule has 0 bridgehead atoms. The van der Waals surface area contributed by atoms with Gasteiger partial charge < -0.3 is 14.8 Å². The Labute approximate surface area is 208 Å². The Morgan fingerprint density at radius 2 is 1.75 bits per heavy atom. The molecule has 0 amide bonds. The van der Waals surface area contributed by atoms with E-state index in [9.17, 15) is 19.6 Å². The molecule has 0 atom stereocenters. The van der Waals surface area contributed by atoms with E-state index in [4.69, 9.17) is 0 Å². The Hall–Kier alpha value is -3.90. The molecule has 1 aliphatic heterocycles. The van der Waals surface area contributed by atoms with E-state index in [1.165, 1.54) is 6.07 Å². The van der Waals surface area contributed by atoms with Crippen LogP contribution in [0, 0.1) is 28.8 Å². The summed E-state index contributed by atoms with van der Waals surface area (Å²) in [7, 11) is 5.05. The lowest BCUT2D eigenvalue weighted by Crippen LogP contribution is -2.50. The molecule has 0 fully saturated rings. The first-order valence-electron chi connectivity index (χ1n) is 11.2. The van der Waals surface area contributed by atoms with Crippen LogP contribution in [0.1, 0.15) is 27.0 Å². The van der Waals surface area contributed by atoms with Crippen LogP contribution < -0.4 is 15.2 Å². The summed E-state index contributed by atoms with van der Waals surface area (Å²) in [6, 6.07) is 6.84. The molecule has 4 rings (SSSR count). The van der Waals surface area contributed by atoms with Crippen LogP contribution in [0.5, 0.6) is 0 Å². The fourth-order valence-electron chi connectivity index (χ4n) is 4.84. The van der Waals surface area contributed by atoms with Crippen molar-refractivity contribution in [1.29, 1.82) is 5.26 Å². The highest BCUT2D eigenvalue weighted by atomic mass is 28.3. The number of carboxylic acids is 1. The van der Waals surface area contributed by atoms with Gasteiger partial charge in [-0.3, -0.25) is 0 Å². The number of aromatic carboxylic acids is 1. The maximum absolute atomic E-state index is 15.8. The van der Waals surface area contributed by atoms with Crippen molar-refractivity contribution in [3.05, 3.63) is 86.9 Å². The predicted octanol–water partition coefficient (Wildman–Crippen LogP) is 2.88. The smallest absolute Gasteiger partial charge is 0.199 e. The summed E-state index contributed by atoms with van der Waals surface area (Å²) in [6.45, 7) is 4.25. The van der Waals surface area contributed by atoms with Crippen LogP contribution in [0.15, 0.2) is 47.2 Å². The number of anilines is 1. The van der Waals surface area contributed by atoms with Gasteiger partial charge in [0.1, 0.15) is 33.8 Å². The van der Waals surface area contributed by atoms with E-state index >= 15 is 8.78 Å². The molecule has 0 aromatic heterocycles. The molecule has 2 aliphatic rings. The molecule has 5 nitrogen and oxygen atoms in total. The van der Waals surface area contributed by atoms with E-state index in [1.807, 2.05) is 49.8 Å². The van der Waals surface area contributed by atoms with Crippen LogP contribution in [0.3, 0.4) is 0 Å². The number of hydrogen-bond donors (Lipinski definition) is 0. The number of nitriles is 1. The summed E-state index contributed by atoms with van der Waals surface area (Å²) in [4.78, 5) is 14.0. The zero-order valence-corrected chi connectivity index (χ0v) is 21.8.